The number of rotatable bonds is 5. The van der Waals surface area contributed by atoms with Crippen molar-refractivity contribution in [2.75, 3.05) is 6.54 Å². The van der Waals surface area contributed by atoms with Gasteiger partial charge in [-0.1, -0.05) is 30.3 Å². The van der Waals surface area contributed by atoms with Crippen LogP contribution in [0.2, 0.25) is 0 Å². The molecule has 5 nitrogen and oxygen atoms in total. The average molecular weight is 359 g/mol. The van der Waals surface area contributed by atoms with Crippen LogP contribution in [0.4, 0.5) is 13.2 Å². The topological polar surface area (TPSA) is 86.6 Å². The third-order valence-electron chi connectivity index (χ3n) is 4.69. The number of benzene rings is 1. The number of carbonyl (C=O) groups is 2. The van der Waals surface area contributed by atoms with E-state index in [1.54, 1.807) is 0 Å². The van der Waals surface area contributed by atoms with Crippen LogP contribution >= 0.6 is 0 Å². The van der Waals surface area contributed by atoms with E-state index in [1.165, 1.54) is 18.2 Å². The second-order valence-electron chi connectivity index (χ2n) is 6.33. The summed E-state index contributed by atoms with van der Waals surface area (Å²) in [6.07, 6.45) is -3.72. The van der Waals surface area contributed by atoms with E-state index >= 15 is 0 Å². The van der Waals surface area contributed by atoms with Crippen molar-refractivity contribution in [2.24, 2.45) is 11.8 Å². The lowest BCUT2D eigenvalue weighted by molar-refractivity contribution is -0.264. The van der Waals surface area contributed by atoms with Crippen LogP contribution in [0.1, 0.15) is 31.2 Å². The molecule has 1 aliphatic carbocycles. The number of amides is 1. The van der Waals surface area contributed by atoms with Crippen LogP contribution < -0.4 is 5.32 Å². The van der Waals surface area contributed by atoms with Gasteiger partial charge in [0.1, 0.15) is 0 Å². The Balaban J connectivity index is 2.02. The van der Waals surface area contributed by atoms with Crippen molar-refractivity contribution in [1.29, 1.82) is 0 Å². The quantitative estimate of drug-likeness (QED) is 0.754. The van der Waals surface area contributed by atoms with Crippen molar-refractivity contribution in [3.63, 3.8) is 0 Å². The van der Waals surface area contributed by atoms with Gasteiger partial charge in [-0.05, 0) is 31.2 Å². The molecule has 1 saturated carbocycles. The first-order valence-corrected chi connectivity index (χ1v) is 8.00. The minimum atomic E-state index is -4.96. The molecule has 0 aromatic heterocycles. The zero-order valence-electron chi connectivity index (χ0n) is 13.4. The minimum Gasteiger partial charge on any atom is -0.481 e. The largest absolute Gasteiger partial charge is 0.481 e. The Morgan fingerprint density at radius 2 is 1.56 bits per heavy atom. The Kier molecular flexibility index (Phi) is 5.72. The van der Waals surface area contributed by atoms with E-state index in [0.29, 0.717) is 25.7 Å². The summed E-state index contributed by atoms with van der Waals surface area (Å²) in [5, 5.41) is 21.3. The van der Waals surface area contributed by atoms with E-state index in [1.807, 2.05) is 0 Å². The number of alkyl halides is 3. The predicted molar refractivity (Wildman–Crippen MR) is 82.5 cm³/mol. The monoisotopic (exact) mass is 359 g/mol. The maximum Gasteiger partial charge on any atom is 0.423 e. The SMILES string of the molecule is O=C(O)C1CCC(C(=O)NCC(O)(c2ccccc2)C(F)(F)F)CC1. The smallest absolute Gasteiger partial charge is 0.423 e. The maximum atomic E-state index is 13.4. The summed E-state index contributed by atoms with van der Waals surface area (Å²) in [7, 11) is 0. The van der Waals surface area contributed by atoms with Crippen LogP contribution in [-0.2, 0) is 15.2 Å². The van der Waals surface area contributed by atoms with Crippen LogP contribution in [0, 0.1) is 11.8 Å². The van der Waals surface area contributed by atoms with E-state index in [0.717, 1.165) is 12.1 Å². The fourth-order valence-electron chi connectivity index (χ4n) is 3.04. The fraction of sp³-hybridized carbons (Fsp3) is 0.529. The predicted octanol–water partition coefficient (Wildman–Crippen LogP) is 2.44. The van der Waals surface area contributed by atoms with Crippen molar-refractivity contribution < 1.29 is 33.0 Å². The highest BCUT2D eigenvalue weighted by Crippen LogP contribution is 2.38. The number of hydrogen-bond donors (Lipinski definition) is 3. The molecule has 1 fully saturated rings. The first-order chi connectivity index (χ1) is 11.6. The van der Waals surface area contributed by atoms with Gasteiger partial charge >= 0.3 is 12.1 Å². The molecule has 1 amide bonds. The number of carbonyl (C=O) groups excluding carboxylic acids is 1. The molecule has 1 aromatic rings. The van der Waals surface area contributed by atoms with Crippen LogP contribution in [0.5, 0.6) is 0 Å². The Hall–Kier alpha value is -2.09. The van der Waals surface area contributed by atoms with Gasteiger partial charge in [0.15, 0.2) is 0 Å². The Labute approximate surface area is 142 Å². The van der Waals surface area contributed by atoms with E-state index in [4.69, 9.17) is 5.11 Å². The minimum absolute atomic E-state index is 0.304. The lowest BCUT2D eigenvalue weighted by Crippen LogP contribution is -2.52. The number of hydrogen-bond acceptors (Lipinski definition) is 3. The molecule has 0 heterocycles. The molecule has 138 valence electrons. The molecule has 1 atom stereocenters. The number of carboxylic acid groups (broad SMARTS) is 1. The zero-order chi connectivity index (χ0) is 18.7. The molecular weight excluding hydrogens is 339 g/mol. The van der Waals surface area contributed by atoms with E-state index in [-0.39, 0.29) is 5.56 Å². The molecule has 0 aliphatic heterocycles. The van der Waals surface area contributed by atoms with Gasteiger partial charge in [0.25, 0.3) is 0 Å². The van der Waals surface area contributed by atoms with Gasteiger partial charge < -0.3 is 15.5 Å². The standard InChI is InChI=1S/C17H20F3NO4/c18-17(19,20)16(25,13-4-2-1-3-5-13)10-21-14(22)11-6-8-12(9-7-11)15(23)24/h1-5,11-12,25H,6-10H2,(H,21,22)(H,23,24). The Bertz CT molecular complexity index is 612. The van der Waals surface area contributed by atoms with Gasteiger partial charge in [-0.3, -0.25) is 9.59 Å². The van der Waals surface area contributed by atoms with E-state index in [2.05, 4.69) is 5.32 Å². The van der Waals surface area contributed by atoms with E-state index in [9.17, 15) is 27.9 Å². The maximum absolute atomic E-state index is 13.4. The molecule has 1 aromatic carbocycles. The van der Waals surface area contributed by atoms with Crippen molar-refractivity contribution in [3.05, 3.63) is 35.9 Å². The Morgan fingerprint density at radius 1 is 1.04 bits per heavy atom. The number of aliphatic carboxylic acids is 1. The lowest BCUT2D eigenvalue weighted by Gasteiger charge is -2.32. The molecule has 0 spiro atoms. The molecule has 8 heteroatoms. The van der Waals surface area contributed by atoms with Crippen LogP contribution in [0.3, 0.4) is 0 Å². The summed E-state index contributed by atoms with van der Waals surface area (Å²) in [4.78, 5) is 23.0. The third kappa shape index (κ3) is 4.31. The molecule has 25 heavy (non-hydrogen) atoms. The van der Waals surface area contributed by atoms with Crippen molar-refractivity contribution in [2.45, 2.75) is 37.5 Å². The molecule has 1 unspecified atom stereocenters. The number of nitrogens with one attached hydrogen (secondary N) is 1. The molecule has 1 aliphatic rings. The number of carboxylic acids is 1. The lowest BCUT2D eigenvalue weighted by atomic mass is 9.81. The van der Waals surface area contributed by atoms with Crippen LogP contribution in [0.25, 0.3) is 0 Å². The van der Waals surface area contributed by atoms with Gasteiger partial charge in [0, 0.05) is 5.92 Å². The number of aliphatic hydroxyl groups is 1. The molecule has 0 bridgehead atoms. The zero-order valence-corrected chi connectivity index (χ0v) is 13.4. The summed E-state index contributed by atoms with van der Waals surface area (Å²) in [6.45, 7) is -0.988. The van der Waals surface area contributed by atoms with Crippen molar-refractivity contribution in [1.82, 2.24) is 5.32 Å². The average Bonchev–Trinajstić information content (AvgIpc) is 2.59. The molecular formula is C17H20F3NO4. The number of halogens is 3. The first-order valence-electron chi connectivity index (χ1n) is 8.00. The van der Waals surface area contributed by atoms with Gasteiger partial charge in [-0.15, -0.1) is 0 Å². The molecule has 3 N–H and O–H groups in total. The highest BCUT2D eigenvalue weighted by Gasteiger charge is 2.55. The van der Waals surface area contributed by atoms with Gasteiger partial charge in [-0.2, -0.15) is 13.2 Å². The third-order valence-corrected chi connectivity index (χ3v) is 4.69. The van der Waals surface area contributed by atoms with Crippen molar-refractivity contribution in [3.8, 4) is 0 Å². The van der Waals surface area contributed by atoms with Gasteiger partial charge in [0.05, 0.1) is 12.5 Å². The van der Waals surface area contributed by atoms with Crippen LogP contribution in [0.15, 0.2) is 30.3 Å². The van der Waals surface area contributed by atoms with Crippen LogP contribution in [-0.4, -0.2) is 34.8 Å². The molecule has 0 radical (unpaired) electrons. The normalized spacial score (nSPS) is 23.5. The summed E-state index contributed by atoms with van der Waals surface area (Å²) in [5.41, 5.74) is -3.53. The fourth-order valence-corrected chi connectivity index (χ4v) is 3.04. The highest BCUT2D eigenvalue weighted by atomic mass is 19.4. The second kappa shape index (κ2) is 7.43. The summed E-state index contributed by atoms with van der Waals surface area (Å²) in [5.74, 6) is -2.57. The summed E-state index contributed by atoms with van der Waals surface area (Å²) in [6, 6.07) is 6.58. The molecule has 2 rings (SSSR count). The summed E-state index contributed by atoms with van der Waals surface area (Å²) >= 11 is 0. The van der Waals surface area contributed by atoms with E-state index < -0.39 is 42.0 Å². The summed E-state index contributed by atoms with van der Waals surface area (Å²) < 4.78 is 40.1. The van der Waals surface area contributed by atoms with Gasteiger partial charge in [0.2, 0.25) is 11.5 Å². The van der Waals surface area contributed by atoms with Crippen molar-refractivity contribution >= 4 is 11.9 Å². The first kappa shape index (κ1) is 19.2. The Morgan fingerprint density at radius 3 is 2.04 bits per heavy atom. The molecule has 0 saturated heterocycles. The second-order valence-corrected chi connectivity index (χ2v) is 6.33. The highest BCUT2D eigenvalue weighted by molar-refractivity contribution is 5.79. The van der Waals surface area contributed by atoms with Gasteiger partial charge in [-0.25, -0.2) is 0 Å².